The van der Waals surface area contributed by atoms with Crippen molar-refractivity contribution in [3.8, 4) is 0 Å². The molecule has 142 valence electrons. The molecular weight excluding hydrogens is 340 g/mol. The Morgan fingerprint density at radius 2 is 1.96 bits per heavy atom. The number of likely N-dealkylation sites (N-methyl/N-ethyl adjacent to an activating group) is 1. The molecule has 2 N–H and O–H groups in total. The van der Waals surface area contributed by atoms with Crippen LogP contribution in [0.4, 0.5) is 0 Å². The summed E-state index contributed by atoms with van der Waals surface area (Å²) in [6.45, 7) is 5.72. The fourth-order valence-corrected chi connectivity index (χ4v) is 3.44. The molecule has 3 rings (SSSR count). The Hall–Kier alpha value is -2.73. The monoisotopic (exact) mass is 366 g/mol. The van der Waals surface area contributed by atoms with Gasteiger partial charge >= 0.3 is 0 Å². The van der Waals surface area contributed by atoms with Crippen molar-refractivity contribution < 1.29 is 9.59 Å². The van der Waals surface area contributed by atoms with Crippen LogP contribution in [-0.4, -0.2) is 46.9 Å². The Morgan fingerprint density at radius 1 is 1.19 bits per heavy atom. The van der Waals surface area contributed by atoms with Crippen LogP contribution in [0, 0.1) is 6.92 Å². The maximum absolute atomic E-state index is 12.5. The van der Waals surface area contributed by atoms with Gasteiger partial charge in [-0.25, -0.2) is 0 Å². The first-order valence-electron chi connectivity index (χ1n) is 9.36. The van der Waals surface area contributed by atoms with Gasteiger partial charge in [-0.1, -0.05) is 30.3 Å². The third-order valence-electron chi connectivity index (χ3n) is 4.79. The lowest BCUT2D eigenvalue weighted by atomic mass is 10.1. The third-order valence-corrected chi connectivity index (χ3v) is 4.79. The van der Waals surface area contributed by atoms with E-state index in [1.165, 1.54) is 0 Å². The van der Waals surface area contributed by atoms with Crippen molar-refractivity contribution >= 4 is 11.8 Å². The van der Waals surface area contributed by atoms with E-state index in [4.69, 9.17) is 0 Å². The highest BCUT2D eigenvalue weighted by Gasteiger charge is 2.37. The summed E-state index contributed by atoms with van der Waals surface area (Å²) >= 11 is 0. The number of carbonyl (C=O) groups excluding carboxylic acids is 2. The fraction of sp³-hybridized carbons (Fsp3) is 0.381. The highest BCUT2D eigenvalue weighted by atomic mass is 16.2. The zero-order chi connectivity index (χ0) is 19.2. The number of nitrogens with one attached hydrogen (secondary N) is 2. The first-order valence-corrected chi connectivity index (χ1v) is 9.36. The predicted octanol–water partition coefficient (Wildman–Crippen LogP) is 1.90. The first kappa shape index (κ1) is 19.0. The first-order chi connectivity index (χ1) is 13.1. The number of pyridine rings is 1. The lowest BCUT2D eigenvalue weighted by Crippen LogP contribution is -2.42. The zero-order valence-corrected chi connectivity index (χ0v) is 15.8. The molecule has 1 aliphatic rings. The Balaban J connectivity index is 1.68. The molecule has 2 amide bonds. The summed E-state index contributed by atoms with van der Waals surface area (Å²) in [6, 6.07) is 13.4. The van der Waals surface area contributed by atoms with Crippen molar-refractivity contribution in [2.75, 3.05) is 13.1 Å². The van der Waals surface area contributed by atoms with Crippen LogP contribution in [0.1, 0.15) is 35.0 Å². The van der Waals surface area contributed by atoms with Crippen molar-refractivity contribution in [2.45, 2.75) is 38.9 Å². The molecule has 2 atom stereocenters. The Bertz CT molecular complexity index is 777. The van der Waals surface area contributed by atoms with E-state index in [0.29, 0.717) is 31.6 Å². The molecule has 0 radical (unpaired) electrons. The molecule has 1 aromatic carbocycles. The van der Waals surface area contributed by atoms with E-state index in [2.05, 4.69) is 32.7 Å². The Kier molecular flexibility index (Phi) is 6.19. The summed E-state index contributed by atoms with van der Waals surface area (Å²) in [5, 5.41) is 5.97. The average Bonchev–Trinajstić information content (AvgIpc) is 3.05. The van der Waals surface area contributed by atoms with Gasteiger partial charge in [0.2, 0.25) is 5.91 Å². The van der Waals surface area contributed by atoms with E-state index in [9.17, 15) is 9.59 Å². The average molecular weight is 366 g/mol. The van der Waals surface area contributed by atoms with Crippen molar-refractivity contribution in [2.24, 2.45) is 0 Å². The van der Waals surface area contributed by atoms with Crippen molar-refractivity contribution in [1.82, 2.24) is 20.5 Å². The summed E-state index contributed by atoms with van der Waals surface area (Å²) in [4.78, 5) is 31.3. The minimum absolute atomic E-state index is 0.0159. The molecule has 1 aliphatic heterocycles. The minimum atomic E-state index is -0.244. The van der Waals surface area contributed by atoms with Gasteiger partial charge < -0.3 is 10.6 Å². The molecule has 27 heavy (non-hydrogen) atoms. The maximum atomic E-state index is 12.5. The van der Waals surface area contributed by atoms with Crippen LogP contribution in [0.5, 0.6) is 0 Å². The standard InChI is InChI=1S/C21H26N4O2/c1-3-22-21(27)19-11-18(14-25(19)13-16-7-5-4-6-8-16)24-20(26)17-10-9-15(2)23-12-17/h4-10,12,18-19H,3,11,13-14H2,1-2H3,(H,22,27)(H,24,26)/t18-,19+/m1/s1. The Labute approximate surface area is 160 Å². The highest BCUT2D eigenvalue weighted by molar-refractivity contribution is 5.94. The van der Waals surface area contributed by atoms with Crippen LogP contribution in [0.3, 0.4) is 0 Å². The SMILES string of the molecule is CCNC(=O)[C@@H]1C[C@@H](NC(=O)c2ccc(C)nc2)CN1Cc1ccccc1. The number of likely N-dealkylation sites (tertiary alicyclic amines) is 1. The van der Waals surface area contributed by atoms with E-state index >= 15 is 0 Å². The second-order valence-corrected chi connectivity index (χ2v) is 6.92. The molecule has 0 spiro atoms. The summed E-state index contributed by atoms with van der Waals surface area (Å²) in [5.41, 5.74) is 2.57. The van der Waals surface area contributed by atoms with Crippen LogP contribution in [-0.2, 0) is 11.3 Å². The number of amides is 2. The highest BCUT2D eigenvalue weighted by Crippen LogP contribution is 2.21. The van der Waals surface area contributed by atoms with E-state index in [1.807, 2.05) is 38.1 Å². The van der Waals surface area contributed by atoms with Crippen LogP contribution in [0.2, 0.25) is 0 Å². The fourth-order valence-electron chi connectivity index (χ4n) is 3.44. The largest absolute Gasteiger partial charge is 0.355 e. The molecule has 0 saturated carbocycles. The molecule has 2 aromatic rings. The molecule has 0 aliphatic carbocycles. The van der Waals surface area contributed by atoms with Gasteiger partial charge in [-0.05, 0) is 38.0 Å². The summed E-state index contributed by atoms with van der Waals surface area (Å²) in [7, 11) is 0. The summed E-state index contributed by atoms with van der Waals surface area (Å²) in [5.74, 6) is -0.133. The van der Waals surface area contributed by atoms with Crippen molar-refractivity contribution in [3.63, 3.8) is 0 Å². The van der Waals surface area contributed by atoms with Gasteiger partial charge in [0.25, 0.3) is 5.91 Å². The second-order valence-electron chi connectivity index (χ2n) is 6.92. The van der Waals surface area contributed by atoms with E-state index in [1.54, 1.807) is 12.3 Å². The summed E-state index contributed by atoms with van der Waals surface area (Å²) < 4.78 is 0. The van der Waals surface area contributed by atoms with Crippen LogP contribution < -0.4 is 10.6 Å². The summed E-state index contributed by atoms with van der Waals surface area (Å²) in [6.07, 6.45) is 2.19. The molecular formula is C21H26N4O2. The molecule has 0 bridgehead atoms. The van der Waals surface area contributed by atoms with E-state index in [-0.39, 0.29) is 23.9 Å². The number of aryl methyl sites for hydroxylation is 1. The lowest BCUT2D eigenvalue weighted by molar-refractivity contribution is -0.125. The van der Waals surface area contributed by atoms with Gasteiger partial charge in [0, 0.05) is 37.6 Å². The molecule has 1 aromatic heterocycles. The van der Waals surface area contributed by atoms with Crippen molar-refractivity contribution in [3.05, 3.63) is 65.5 Å². The second kappa shape index (κ2) is 8.77. The molecule has 6 nitrogen and oxygen atoms in total. The number of rotatable bonds is 6. The number of benzene rings is 1. The van der Waals surface area contributed by atoms with Gasteiger partial charge in [0.05, 0.1) is 11.6 Å². The lowest BCUT2D eigenvalue weighted by Gasteiger charge is -2.23. The molecule has 1 fully saturated rings. The number of nitrogens with zero attached hydrogens (tertiary/aromatic N) is 2. The van der Waals surface area contributed by atoms with Crippen molar-refractivity contribution in [1.29, 1.82) is 0 Å². The third kappa shape index (κ3) is 4.92. The number of aromatic nitrogens is 1. The quantitative estimate of drug-likeness (QED) is 0.819. The molecule has 6 heteroatoms. The minimum Gasteiger partial charge on any atom is -0.355 e. The van der Waals surface area contributed by atoms with Gasteiger partial charge in [-0.3, -0.25) is 19.5 Å². The Morgan fingerprint density at radius 3 is 2.63 bits per heavy atom. The maximum Gasteiger partial charge on any atom is 0.253 e. The normalized spacial score (nSPS) is 19.6. The zero-order valence-electron chi connectivity index (χ0n) is 15.8. The van der Waals surface area contributed by atoms with Crippen LogP contribution in [0.15, 0.2) is 48.7 Å². The van der Waals surface area contributed by atoms with Crippen LogP contribution in [0.25, 0.3) is 0 Å². The molecule has 1 saturated heterocycles. The van der Waals surface area contributed by atoms with E-state index in [0.717, 1.165) is 11.3 Å². The van der Waals surface area contributed by atoms with Gasteiger partial charge in [0.15, 0.2) is 0 Å². The molecule has 0 unspecified atom stereocenters. The predicted molar refractivity (Wildman–Crippen MR) is 104 cm³/mol. The van der Waals surface area contributed by atoms with Gasteiger partial charge in [-0.2, -0.15) is 0 Å². The topological polar surface area (TPSA) is 74.3 Å². The molecule has 2 heterocycles. The smallest absolute Gasteiger partial charge is 0.253 e. The number of carbonyl (C=O) groups is 2. The number of hydrogen-bond donors (Lipinski definition) is 2. The van der Waals surface area contributed by atoms with E-state index < -0.39 is 0 Å². The number of hydrogen-bond acceptors (Lipinski definition) is 4. The van der Waals surface area contributed by atoms with Crippen LogP contribution >= 0.6 is 0 Å². The van der Waals surface area contributed by atoms with Gasteiger partial charge in [0.1, 0.15) is 0 Å². The van der Waals surface area contributed by atoms with Gasteiger partial charge in [-0.15, -0.1) is 0 Å².